The van der Waals surface area contributed by atoms with Crippen molar-refractivity contribution in [2.75, 3.05) is 40.4 Å². The molecule has 0 spiro atoms. The first-order chi connectivity index (χ1) is 9.66. The topological polar surface area (TPSA) is 66.7 Å². The van der Waals surface area contributed by atoms with Gasteiger partial charge in [-0.1, -0.05) is 0 Å². The SMILES string of the molecule is CN(C)C(CNC(=O)NCC1CCOC1)c1ccco1. The molecule has 6 heteroatoms. The molecular weight excluding hydrogens is 258 g/mol. The van der Waals surface area contributed by atoms with Crippen LogP contribution >= 0.6 is 0 Å². The molecule has 2 N–H and O–H groups in total. The van der Waals surface area contributed by atoms with Gasteiger partial charge in [0.1, 0.15) is 5.76 Å². The molecule has 2 atom stereocenters. The molecular formula is C14H23N3O3. The molecule has 1 aliphatic heterocycles. The average Bonchev–Trinajstić information content (AvgIpc) is 3.09. The van der Waals surface area contributed by atoms with Gasteiger partial charge in [0.15, 0.2) is 0 Å². The zero-order chi connectivity index (χ0) is 14.4. The molecule has 112 valence electrons. The van der Waals surface area contributed by atoms with Crippen LogP contribution in [0.1, 0.15) is 18.2 Å². The van der Waals surface area contributed by atoms with Gasteiger partial charge in [-0.25, -0.2) is 4.79 Å². The summed E-state index contributed by atoms with van der Waals surface area (Å²) in [5.41, 5.74) is 0. The van der Waals surface area contributed by atoms with Crippen LogP contribution in [0.5, 0.6) is 0 Å². The number of urea groups is 1. The maximum Gasteiger partial charge on any atom is 0.314 e. The standard InChI is InChI=1S/C14H23N3O3/c1-17(2)12(13-4-3-6-20-13)9-16-14(18)15-8-11-5-7-19-10-11/h3-4,6,11-12H,5,7-10H2,1-2H3,(H2,15,16,18). The zero-order valence-electron chi connectivity index (χ0n) is 12.1. The van der Waals surface area contributed by atoms with Crippen LogP contribution in [-0.2, 0) is 4.74 Å². The number of ether oxygens (including phenoxy) is 1. The monoisotopic (exact) mass is 281 g/mol. The highest BCUT2D eigenvalue weighted by molar-refractivity contribution is 5.73. The van der Waals surface area contributed by atoms with Crippen molar-refractivity contribution < 1.29 is 13.9 Å². The van der Waals surface area contributed by atoms with E-state index in [4.69, 9.17) is 9.15 Å². The Morgan fingerprint density at radius 1 is 1.50 bits per heavy atom. The summed E-state index contributed by atoms with van der Waals surface area (Å²) < 4.78 is 10.7. The lowest BCUT2D eigenvalue weighted by Gasteiger charge is -2.22. The molecule has 1 aromatic heterocycles. The predicted octanol–water partition coefficient (Wildman–Crippen LogP) is 1.22. The third-order valence-electron chi connectivity index (χ3n) is 3.53. The number of furan rings is 1. The van der Waals surface area contributed by atoms with E-state index < -0.39 is 0 Å². The first kappa shape index (κ1) is 14.9. The van der Waals surface area contributed by atoms with Gasteiger partial charge in [-0.05, 0) is 32.6 Å². The van der Waals surface area contributed by atoms with Crippen LogP contribution in [-0.4, -0.2) is 51.3 Å². The molecule has 6 nitrogen and oxygen atoms in total. The molecule has 2 heterocycles. The summed E-state index contributed by atoms with van der Waals surface area (Å²) in [7, 11) is 3.92. The molecule has 0 saturated carbocycles. The second-order valence-corrected chi connectivity index (χ2v) is 5.32. The van der Waals surface area contributed by atoms with Crippen LogP contribution in [0.15, 0.2) is 22.8 Å². The Morgan fingerprint density at radius 2 is 2.35 bits per heavy atom. The Labute approximate surface area is 119 Å². The summed E-state index contributed by atoms with van der Waals surface area (Å²) in [6.45, 7) is 2.72. The average molecular weight is 281 g/mol. The van der Waals surface area contributed by atoms with E-state index in [0.717, 1.165) is 25.4 Å². The molecule has 2 rings (SSSR count). The number of nitrogens with one attached hydrogen (secondary N) is 2. The minimum Gasteiger partial charge on any atom is -0.468 e. The smallest absolute Gasteiger partial charge is 0.314 e. The van der Waals surface area contributed by atoms with Crippen LogP contribution in [0.3, 0.4) is 0 Å². The Morgan fingerprint density at radius 3 is 2.95 bits per heavy atom. The van der Waals surface area contributed by atoms with Gasteiger partial charge in [0.25, 0.3) is 0 Å². The van der Waals surface area contributed by atoms with Crippen molar-refractivity contribution in [3.63, 3.8) is 0 Å². The number of rotatable bonds is 6. The number of amides is 2. The number of carbonyl (C=O) groups is 1. The molecule has 20 heavy (non-hydrogen) atoms. The van der Waals surface area contributed by atoms with Crippen LogP contribution in [0.25, 0.3) is 0 Å². The lowest BCUT2D eigenvalue weighted by molar-refractivity contribution is 0.184. The van der Waals surface area contributed by atoms with E-state index in [1.807, 2.05) is 31.1 Å². The maximum absolute atomic E-state index is 11.8. The van der Waals surface area contributed by atoms with Crippen molar-refractivity contribution in [3.8, 4) is 0 Å². The minimum atomic E-state index is -0.143. The fraction of sp³-hybridized carbons (Fsp3) is 0.643. The number of hydrogen-bond acceptors (Lipinski definition) is 4. The fourth-order valence-corrected chi connectivity index (χ4v) is 2.25. The second kappa shape index (κ2) is 7.31. The molecule has 2 amide bonds. The van der Waals surface area contributed by atoms with Gasteiger partial charge >= 0.3 is 6.03 Å². The molecule has 0 bridgehead atoms. The van der Waals surface area contributed by atoms with Gasteiger partial charge in [0.2, 0.25) is 0 Å². The molecule has 1 fully saturated rings. The van der Waals surface area contributed by atoms with E-state index in [0.29, 0.717) is 19.0 Å². The summed E-state index contributed by atoms with van der Waals surface area (Å²) in [6, 6.07) is 3.66. The highest BCUT2D eigenvalue weighted by Crippen LogP contribution is 2.17. The number of carbonyl (C=O) groups excluding carboxylic acids is 1. The zero-order valence-corrected chi connectivity index (χ0v) is 12.1. The lowest BCUT2D eigenvalue weighted by atomic mass is 10.1. The van der Waals surface area contributed by atoms with Gasteiger partial charge < -0.3 is 19.8 Å². The molecule has 0 radical (unpaired) electrons. The van der Waals surface area contributed by atoms with Crippen LogP contribution < -0.4 is 10.6 Å². The summed E-state index contributed by atoms with van der Waals surface area (Å²) in [4.78, 5) is 13.8. The lowest BCUT2D eigenvalue weighted by Crippen LogP contribution is -2.42. The fourth-order valence-electron chi connectivity index (χ4n) is 2.25. The van der Waals surface area contributed by atoms with Crippen molar-refractivity contribution in [1.29, 1.82) is 0 Å². The first-order valence-corrected chi connectivity index (χ1v) is 6.96. The van der Waals surface area contributed by atoms with Crippen molar-refractivity contribution in [1.82, 2.24) is 15.5 Å². The van der Waals surface area contributed by atoms with E-state index in [2.05, 4.69) is 10.6 Å². The van der Waals surface area contributed by atoms with Gasteiger partial charge in [-0.15, -0.1) is 0 Å². The minimum absolute atomic E-state index is 0.0329. The first-order valence-electron chi connectivity index (χ1n) is 6.96. The number of nitrogens with zero attached hydrogens (tertiary/aromatic N) is 1. The normalized spacial score (nSPS) is 20.1. The van der Waals surface area contributed by atoms with Crippen molar-refractivity contribution in [2.45, 2.75) is 12.5 Å². The van der Waals surface area contributed by atoms with E-state index >= 15 is 0 Å². The number of likely N-dealkylation sites (N-methyl/N-ethyl adjacent to an activating group) is 1. The Balaban J connectivity index is 1.73. The molecule has 0 aromatic carbocycles. The van der Waals surface area contributed by atoms with E-state index in [1.165, 1.54) is 0 Å². The van der Waals surface area contributed by atoms with Gasteiger partial charge in [-0.3, -0.25) is 4.90 Å². The molecule has 1 aliphatic rings. The van der Waals surface area contributed by atoms with Gasteiger partial charge in [-0.2, -0.15) is 0 Å². The van der Waals surface area contributed by atoms with Gasteiger partial charge in [0, 0.05) is 25.6 Å². The van der Waals surface area contributed by atoms with E-state index in [1.54, 1.807) is 6.26 Å². The molecule has 0 aliphatic carbocycles. The van der Waals surface area contributed by atoms with E-state index in [-0.39, 0.29) is 12.1 Å². The summed E-state index contributed by atoms with van der Waals surface area (Å²) in [6.07, 6.45) is 2.67. The van der Waals surface area contributed by atoms with Crippen LogP contribution in [0.4, 0.5) is 4.79 Å². The second-order valence-electron chi connectivity index (χ2n) is 5.32. The van der Waals surface area contributed by atoms with Crippen LogP contribution in [0.2, 0.25) is 0 Å². The summed E-state index contributed by atoms with van der Waals surface area (Å²) in [5, 5.41) is 5.77. The number of hydrogen-bond donors (Lipinski definition) is 2. The molecule has 1 aromatic rings. The van der Waals surface area contributed by atoms with Crippen molar-refractivity contribution >= 4 is 6.03 Å². The summed E-state index contributed by atoms with van der Waals surface area (Å²) in [5.74, 6) is 1.29. The van der Waals surface area contributed by atoms with E-state index in [9.17, 15) is 4.79 Å². The molecule has 2 unspecified atom stereocenters. The van der Waals surface area contributed by atoms with Crippen LogP contribution in [0, 0.1) is 5.92 Å². The maximum atomic E-state index is 11.8. The third kappa shape index (κ3) is 4.25. The highest BCUT2D eigenvalue weighted by Gasteiger charge is 2.19. The molecule has 1 saturated heterocycles. The summed E-state index contributed by atoms with van der Waals surface area (Å²) >= 11 is 0. The largest absolute Gasteiger partial charge is 0.468 e. The predicted molar refractivity (Wildman–Crippen MR) is 75.5 cm³/mol. The third-order valence-corrected chi connectivity index (χ3v) is 3.53. The highest BCUT2D eigenvalue weighted by atomic mass is 16.5. The van der Waals surface area contributed by atoms with Crippen molar-refractivity contribution in [2.24, 2.45) is 5.92 Å². The van der Waals surface area contributed by atoms with Crippen molar-refractivity contribution in [3.05, 3.63) is 24.2 Å². The quantitative estimate of drug-likeness (QED) is 0.823. The Bertz CT molecular complexity index is 400. The Kier molecular flexibility index (Phi) is 5.43. The van der Waals surface area contributed by atoms with Gasteiger partial charge in [0.05, 0.1) is 18.9 Å². The Hall–Kier alpha value is -1.53.